The number of H-pyrrole nitrogens is 1. The second-order valence-electron chi connectivity index (χ2n) is 4.55. The van der Waals surface area contributed by atoms with Gasteiger partial charge in [0.2, 0.25) is 0 Å². The Morgan fingerprint density at radius 1 is 1.45 bits per heavy atom. The summed E-state index contributed by atoms with van der Waals surface area (Å²) < 4.78 is 26.6. The van der Waals surface area contributed by atoms with Gasteiger partial charge in [0.05, 0.1) is 6.20 Å². The lowest BCUT2D eigenvalue weighted by molar-refractivity contribution is 0.438. The molecule has 0 unspecified atom stereocenters. The van der Waals surface area contributed by atoms with Crippen LogP contribution in [0.2, 0.25) is 0 Å². The molecule has 0 fully saturated rings. The van der Waals surface area contributed by atoms with Gasteiger partial charge in [0.25, 0.3) is 10.0 Å². The third-order valence-electron chi connectivity index (χ3n) is 2.82. The van der Waals surface area contributed by atoms with Crippen LogP contribution in [0.15, 0.2) is 23.9 Å². The number of nitrogens with zero attached hydrogens (tertiary/aromatic N) is 2. The summed E-state index contributed by atoms with van der Waals surface area (Å²) in [4.78, 5) is 0. The highest BCUT2D eigenvalue weighted by molar-refractivity contribution is 7.89. The van der Waals surface area contributed by atoms with Crippen molar-refractivity contribution in [2.75, 3.05) is 19.6 Å². The number of aromatic amines is 1. The number of hydrogen-bond donors (Lipinski definition) is 2. The van der Waals surface area contributed by atoms with Crippen molar-refractivity contribution in [2.24, 2.45) is 0 Å². The maximum atomic E-state index is 12.6. The van der Waals surface area contributed by atoms with Crippen molar-refractivity contribution in [2.45, 2.75) is 38.3 Å². The normalized spacial score (nSPS) is 11.9. The lowest BCUT2D eigenvalue weighted by atomic mass is 10.3. The SMILES string of the molecule is C=CCN(CCC)S(=O)(=O)c1[nH]ncc1CNCCC. The maximum absolute atomic E-state index is 12.6. The maximum Gasteiger partial charge on any atom is 0.260 e. The van der Waals surface area contributed by atoms with Crippen molar-refractivity contribution in [3.05, 3.63) is 24.4 Å². The second kappa shape index (κ2) is 8.18. The van der Waals surface area contributed by atoms with Gasteiger partial charge in [0, 0.05) is 25.2 Å². The first-order valence-electron chi connectivity index (χ1n) is 6.91. The van der Waals surface area contributed by atoms with Crippen LogP contribution in [0.25, 0.3) is 0 Å². The molecule has 0 aromatic carbocycles. The molecule has 0 aliphatic heterocycles. The van der Waals surface area contributed by atoms with E-state index in [2.05, 4.69) is 29.0 Å². The molecule has 0 aliphatic rings. The number of nitrogens with one attached hydrogen (secondary N) is 2. The topological polar surface area (TPSA) is 78.1 Å². The molecule has 6 nitrogen and oxygen atoms in total. The Kier molecular flexibility index (Phi) is 6.90. The fourth-order valence-corrected chi connectivity index (χ4v) is 3.49. The van der Waals surface area contributed by atoms with E-state index >= 15 is 0 Å². The van der Waals surface area contributed by atoms with Crippen LogP contribution >= 0.6 is 0 Å². The van der Waals surface area contributed by atoms with Gasteiger partial charge in [0.15, 0.2) is 5.03 Å². The van der Waals surface area contributed by atoms with Crippen molar-refractivity contribution < 1.29 is 8.42 Å². The fraction of sp³-hybridized carbons (Fsp3) is 0.615. The van der Waals surface area contributed by atoms with Crippen LogP contribution in [0.3, 0.4) is 0 Å². The Morgan fingerprint density at radius 2 is 2.20 bits per heavy atom. The smallest absolute Gasteiger partial charge is 0.260 e. The molecule has 0 spiro atoms. The highest BCUT2D eigenvalue weighted by atomic mass is 32.2. The molecule has 7 heteroatoms. The van der Waals surface area contributed by atoms with Gasteiger partial charge in [-0.05, 0) is 19.4 Å². The molecule has 0 amide bonds. The molecular weight excluding hydrogens is 276 g/mol. The molecule has 0 atom stereocenters. The Bertz CT molecular complexity index is 510. The van der Waals surface area contributed by atoms with Gasteiger partial charge in [-0.3, -0.25) is 5.10 Å². The first-order chi connectivity index (χ1) is 9.57. The minimum Gasteiger partial charge on any atom is -0.313 e. The Hall–Kier alpha value is -1.18. The van der Waals surface area contributed by atoms with Crippen LogP contribution in [0.4, 0.5) is 0 Å². The van der Waals surface area contributed by atoms with E-state index in [9.17, 15) is 8.42 Å². The van der Waals surface area contributed by atoms with Crippen LogP contribution in [-0.4, -0.2) is 42.6 Å². The molecule has 0 radical (unpaired) electrons. The van der Waals surface area contributed by atoms with Gasteiger partial charge in [0.1, 0.15) is 0 Å². The average Bonchev–Trinajstić information content (AvgIpc) is 2.88. The van der Waals surface area contributed by atoms with E-state index in [1.807, 2.05) is 6.92 Å². The zero-order valence-electron chi connectivity index (χ0n) is 12.2. The summed E-state index contributed by atoms with van der Waals surface area (Å²) in [5.41, 5.74) is 0.670. The van der Waals surface area contributed by atoms with Crippen LogP contribution < -0.4 is 5.32 Å². The van der Waals surface area contributed by atoms with Crippen molar-refractivity contribution in [3.8, 4) is 0 Å². The lowest BCUT2D eigenvalue weighted by Crippen LogP contribution is -2.33. The van der Waals surface area contributed by atoms with Crippen molar-refractivity contribution >= 4 is 10.0 Å². The summed E-state index contributed by atoms with van der Waals surface area (Å²) in [7, 11) is -3.55. The Morgan fingerprint density at radius 3 is 2.80 bits per heavy atom. The molecule has 0 saturated carbocycles. The molecule has 1 rings (SSSR count). The predicted molar refractivity (Wildman–Crippen MR) is 79.8 cm³/mol. The standard InChI is InChI=1S/C13H24N4O2S/c1-4-7-14-10-12-11-15-16-13(12)20(18,19)17(8-5-2)9-6-3/h5,11,14H,2,4,6-10H2,1,3H3,(H,15,16). The quantitative estimate of drug-likeness (QED) is 0.507. The van der Waals surface area contributed by atoms with Crippen LogP contribution in [0.5, 0.6) is 0 Å². The Labute approximate surface area is 121 Å². The average molecular weight is 300 g/mol. The third kappa shape index (κ3) is 4.16. The van der Waals surface area contributed by atoms with Crippen molar-refractivity contribution in [1.29, 1.82) is 0 Å². The monoisotopic (exact) mass is 300 g/mol. The first-order valence-corrected chi connectivity index (χ1v) is 8.35. The molecule has 114 valence electrons. The zero-order chi connectivity index (χ0) is 15.0. The molecular formula is C13H24N4O2S. The van der Waals surface area contributed by atoms with Gasteiger partial charge in [-0.25, -0.2) is 8.42 Å². The Balaban J connectivity index is 2.95. The molecule has 0 saturated heterocycles. The third-order valence-corrected chi connectivity index (χ3v) is 4.70. The minimum absolute atomic E-state index is 0.177. The minimum atomic E-state index is -3.55. The summed E-state index contributed by atoms with van der Waals surface area (Å²) in [5, 5.41) is 9.86. The van der Waals surface area contributed by atoms with E-state index in [-0.39, 0.29) is 5.03 Å². The zero-order valence-corrected chi connectivity index (χ0v) is 13.0. The van der Waals surface area contributed by atoms with E-state index in [0.29, 0.717) is 25.2 Å². The van der Waals surface area contributed by atoms with Gasteiger partial charge in [-0.15, -0.1) is 6.58 Å². The van der Waals surface area contributed by atoms with E-state index in [4.69, 9.17) is 0 Å². The highest BCUT2D eigenvalue weighted by Crippen LogP contribution is 2.17. The summed E-state index contributed by atoms with van der Waals surface area (Å²) in [6, 6.07) is 0. The van der Waals surface area contributed by atoms with Crippen LogP contribution in [-0.2, 0) is 16.6 Å². The number of sulfonamides is 1. The van der Waals surface area contributed by atoms with E-state index in [1.165, 1.54) is 4.31 Å². The van der Waals surface area contributed by atoms with E-state index < -0.39 is 10.0 Å². The van der Waals surface area contributed by atoms with E-state index in [1.54, 1.807) is 12.3 Å². The molecule has 2 N–H and O–H groups in total. The summed E-state index contributed by atoms with van der Waals surface area (Å²) in [5.74, 6) is 0. The van der Waals surface area contributed by atoms with Gasteiger partial charge in [-0.2, -0.15) is 9.40 Å². The number of hydrogen-bond acceptors (Lipinski definition) is 4. The summed E-state index contributed by atoms with van der Waals surface area (Å²) in [6.45, 7) is 9.73. The molecule has 20 heavy (non-hydrogen) atoms. The van der Waals surface area contributed by atoms with Gasteiger partial charge in [-0.1, -0.05) is 19.9 Å². The van der Waals surface area contributed by atoms with Crippen LogP contribution in [0, 0.1) is 0 Å². The lowest BCUT2D eigenvalue weighted by Gasteiger charge is -2.19. The van der Waals surface area contributed by atoms with Gasteiger partial charge >= 0.3 is 0 Å². The number of rotatable bonds is 10. The summed E-state index contributed by atoms with van der Waals surface area (Å²) >= 11 is 0. The molecule has 1 aromatic rings. The van der Waals surface area contributed by atoms with E-state index in [0.717, 1.165) is 19.4 Å². The number of aromatic nitrogens is 2. The molecule has 1 heterocycles. The first kappa shape index (κ1) is 16.9. The highest BCUT2D eigenvalue weighted by Gasteiger charge is 2.27. The molecule has 1 aromatic heterocycles. The largest absolute Gasteiger partial charge is 0.313 e. The van der Waals surface area contributed by atoms with Crippen LogP contribution in [0.1, 0.15) is 32.3 Å². The van der Waals surface area contributed by atoms with Gasteiger partial charge < -0.3 is 5.32 Å². The predicted octanol–water partition coefficient (Wildman–Crippen LogP) is 1.50. The summed E-state index contributed by atoms with van der Waals surface area (Å²) in [6.07, 6.45) is 4.91. The van der Waals surface area contributed by atoms with Crippen molar-refractivity contribution in [3.63, 3.8) is 0 Å². The molecule has 0 bridgehead atoms. The van der Waals surface area contributed by atoms with Crippen molar-refractivity contribution in [1.82, 2.24) is 19.8 Å². The fourth-order valence-electron chi connectivity index (χ4n) is 1.88. The molecule has 0 aliphatic carbocycles. The second-order valence-corrected chi connectivity index (χ2v) is 6.43.